The van der Waals surface area contributed by atoms with E-state index in [1.54, 1.807) is 18.7 Å². The molecule has 1 heterocycles. The maximum absolute atomic E-state index is 6.34. The van der Waals surface area contributed by atoms with Gasteiger partial charge in [-0.05, 0) is 29.4 Å². The van der Waals surface area contributed by atoms with Crippen LogP contribution in [-0.2, 0) is 6.54 Å². The summed E-state index contributed by atoms with van der Waals surface area (Å²) < 4.78 is 1.84. The molecule has 1 atom stereocenters. The fourth-order valence-corrected chi connectivity index (χ4v) is 3.67. The van der Waals surface area contributed by atoms with Crippen molar-refractivity contribution in [2.24, 2.45) is 5.92 Å². The lowest BCUT2D eigenvalue weighted by atomic mass is 10.1. The Balaban J connectivity index is 0.00000220. The SMILES string of the molecule is CC(C)CSC(Cn1cncn1)c1ccc(Cl)cc1Cl.Cl. The average Bonchev–Trinajstić information content (AvgIpc) is 2.87. The Hall–Kier alpha value is -0.420. The first-order valence-electron chi connectivity index (χ1n) is 6.45. The summed E-state index contributed by atoms with van der Waals surface area (Å²) in [5.74, 6) is 1.70. The first kappa shape index (κ1) is 18.6. The number of benzene rings is 1. The molecule has 1 aromatic heterocycles. The van der Waals surface area contributed by atoms with E-state index in [4.69, 9.17) is 23.2 Å². The van der Waals surface area contributed by atoms with Crippen LogP contribution in [0.1, 0.15) is 24.7 Å². The quantitative estimate of drug-likeness (QED) is 0.709. The van der Waals surface area contributed by atoms with Crippen LogP contribution in [0.2, 0.25) is 10.0 Å². The lowest BCUT2D eigenvalue weighted by Gasteiger charge is -2.19. The van der Waals surface area contributed by atoms with E-state index < -0.39 is 0 Å². The first-order chi connectivity index (χ1) is 9.56. The van der Waals surface area contributed by atoms with Gasteiger partial charge in [0.25, 0.3) is 0 Å². The van der Waals surface area contributed by atoms with Gasteiger partial charge in [-0.3, -0.25) is 4.68 Å². The minimum absolute atomic E-state index is 0. The standard InChI is InChI=1S/C14H17Cl2N3S.ClH/c1-10(2)7-20-14(6-19-9-17-8-18-19)12-4-3-11(15)5-13(12)16;/h3-5,8-10,14H,6-7H2,1-2H3;1H. The number of hydrogen-bond donors (Lipinski definition) is 0. The van der Waals surface area contributed by atoms with E-state index in [0.29, 0.717) is 16.0 Å². The van der Waals surface area contributed by atoms with Crippen LogP contribution < -0.4 is 0 Å². The second-order valence-corrected chi connectivity index (χ2v) is 7.08. The van der Waals surface area contributed by atoms with Gasteiger partial charge in [0.15, 0.2) is 0 Å². The molecule has 1 aromatic carbocycles. The molecule has 0 aliphatic carbocycles. The average molecular weight is 367 g/mol. The van der Waals surface area contributed by atoms with Gasteiger partial charge in [-0.15, -0.1) is 12.4 Å². The molecule has 1 unspecified atom stereocenters. The summed E-state index contributed by atoms with van der Waals surface area (Å²) in [5.41, 5.74) is 1.09. The molecule has 0 saturated heterocycles. The highest BCUT2D eigenvalue weighted by Gasteiger charge is 2.17. The second kappa shape index (κ2) is 8.89. The van der Waals surface area contributed by atoms with Crippen molar-refractivity contribution >= 4 is 47.4 Å². The second-order valence-electron chi connectivity index (χ2n) is 5.00. The normalized spacial score (nSPS) is 12.2. The lowest BCUT2D eigenvalue weighted by molar-refractivity contribution is 0.603. The predicted octanol–water partition coefficient (Wildman–Crippen LogP) is 5.14. The molecule has 0 aliphatic heterocycles. The van der Waals surface area contributed by atoms with E-state index in [-0.39, 0.29) is 17.7 Å². The highest BCUT2D eigenvalue weighted by Crippen LogP contribution is 2.36. The van der Waals surface area contributed by atoms with Gasteiger partial charge in [-0.1, -0.05) is 43.1 Å². The van der Waals surface area contributed by atoms with Crippen molar-refractivity contribution in [1.29, 1.82) is 0 Å². The zero-order chi connectivity index (χ0) is 14.5. The van der Waals surface area contributed by atoms with E-state index in [9.17, 15) is 0 Å². The third-order valence-corrected chi connectivity index (χ3v) is 4.99. The summed E-state index contributed by atoms with van der Waals surface area (Å²) in [4.78, 5) is 3.99. The van der Waals surface area contributed by atoms with Crippen molar-refractivity contribution in [3.8, 4) is 0 Å². The van der Waals surface area contributed by atoms with E-state index in [1.165, 1.54) is 0 Å². The third kappa shape index (κ3) is 5.70. The monoisotopic (exact) mass is 365 g/mol. The lowest BCUT2D eigenvalue weighted by Crippen LogP contribution is -2.09. The molecule has 116 valence electrons. The molecule has 7 heteroatoms. The molecule has 0 aliphatic rings. The number of thioether (sulfide) groups is 1. The van der Waals surface area contributed by atoms with Crippen LogP contribution in [0.5, 0.6) is 0 Å². The Morgan fingerprint density at radius 3 is 2.62 bits per heavy atom. The summed E-state index contributed by atoms with van der Waals surface area (Å²) in [6.07, 6.45) is 3.28. The van der Waals surface area contributed by atoms with Gasteiger partial charge in [-0.25, -0.2) is 4.98 Å². The van der Waals surface area contributed by atoms with Crippen LogP contribution in [0.25, 0.3) is 0 Å². The zero-order valence-electron chi connectivity index (χ0n) is 11.9. The van der Waals surface area contributed by atoms with Gasteiger partial charge >= 0.3 is 0 Å². The molecule has 2 aromatic rings. The van der Waals surface area contributed by atoms with Crippen LogP contribution in [0.3, 0.4) is 0 Å². The molecular weight excluding hydrogens is 349 g/mol. The minimum Gasteiger partial charge on any atom is -0.252 e. The van der Waals surface area contributed by atoms with E-state index in [0.717, 1.165) is 17.9 Å². The minimum atomic E-state index is 0. The summed E-state index contributed by atoms with van der Waals surface area (Å²) in [6.45, 7) is 5.17. The highest BCUT2D eigenvalue weighted by molar-refractivity contribution is 7.99. The molecule has 0 spiro atoms. The van der Waals surface area contributed by atoms with Gasteiger partial charge in [-0.2, -0.15) is 16.9 Å². The molecule has 2 rings (SSSR count). The Labute approximate surface area is 145 Å². The molecule has 21 heavy (non-hydrogen) atoms. The van der Waals surface area contributed by atoms with Gasteiger partial charge < -0.3 is 0 Å². The van der Waals surface area contributed by atoms with Gasteiger partial charge in [0.05, 0.1) is 11.8 Å². The first-order valence-corrected chi connectivity index (χ1v) is 8.25. The van der Waals surface area contributed by atoms with E-state index in [1.807, 2.05) is 28.6 Å². The molecule has 0 fully saturated rings. The summed E-state index contributed by atoms with van der Waals surface area (Å²) >= 11 is 14.2. The Morgan fingerprint density at radius 1 is 1.29 bits per heavy atom. The molecular formula is C14H18Cl3N3S. The predicted molar refractivity (Wildman–Crippen MR) is 93.8 cm³/mol. The molecule has 0 bridgehead atoms. The van der Waals surface area contributed by atoms with Gasteiger partial charge in [0, 0.05) is 10.0 Å². The van der Waals surface area contributed by atoms with Crippen LogP contribution >= 0.6 is 47.4 Å². The number of halogens is 3. The number of nitrogens with zero attached hydrogens (tertiary/aromatic N) is 3. The van der Waals surface area contributed by atoms with Gasteiger partial charge in [0.2, 0.25) is 0 Å². The Morgan fingerprint density at radius 2 is 2.05 bits per heavy atom. The maximum Gasteiger partial charge on any atom is 0.137 e. The van der Waals surface area contributed by atoms with Crippen molar-refractivity contribution in [3.63, 3.8) is 0 Å². The zero-order valence-corrected chi connectivity index (χ0v) is 15.0. The van der Waals surface area contributed by atoms with Crippen LogP contribution in [-0.4, -0.2) is 20.5 Å². The number of rotatable bonds is 6. The van der Waals surface area contributed by atoms with Crippen LogP contribution in [0.4, 0.5) is 0 Å². The van der Waals surface area contributed by atoms with Crippen molar-refractivity contribution in [2.45, 2.75) is 25.6 Å². The summed E-state index contributed by atoms with van der Waals surface area (Å²) in [7, 11) is 0. The fraction of sp³-hybridized carbons (Fsp3) is 0.429. The van der Waals surface area contributed by atoms with Gasteiger partial charge in [0.1, 0.15) is 12.7 Å². The Kier molecular flexibility index (Phi) is 7.88. The topological polar surface area (TPSA) is 30.7 Å². The number of hydrogen-bond acceptors (Lipinski definition) is 3. The van der Waals surface area contributed by atoms with E-state index in [2.05, 4.69) is 23.9 Å². The van der Waals surface area contributed by atoms with Crippen molar-refractivity contribution < 1.29 is 0 Å². The van der Waals surface area contributed by atoms with Crippen molar-refractivity contribution in [2.75, 3.05) is 5.75 Å². The molecule has 0 saturated carbocycles. The highest BCUT2D eigenvalue weighted by atomic mass is 35.5. The molecule has 0 N–H and O–H groups in total. The smallest absolute Gasteiger partial charge is 0.137 e. The molecule has 0 radical (unpaired) electrons. The van der Waals surface area contributed by atoms with Crippen molar-refractivity contribution in [3.05, 3.63) is 46.5 Å². The summed E-state index contributed by atoms with van der Waals surface area (Å²) in [5, 5.41) is 5.79. The Bertz CT molecular complexity index is 546. The molecule has 0 amide bonds. The fourth-order valence-electron chi connectivity index (χ4n) is 1.81. The molecule has 3 nitrogen and oxygen atoms in total. The maximum atomic E-state index is 6.34. The third-order valence-electron chi connectivity index (χ3n) is 2.76. The van der Waals surface area contributed by atoms with E-state index >= 15 is 0 Å². The largest absolute Gasteiger partial charge is 0.252 e. The number of aromatic nitrogens is 3. The van der Waals surface area contributed by atoms with Crippen LogP contribution in [0.15, 0.2) is 30.9 Å². The van der Waals surface area contributed by atoms with Crippen molar-refractivity contribution in [1.82, 2.24) is 14.8 Å². The van der Waals surface area contributed by atoms with Crippen LogP contribution in [0, 0.1) is 5.92 Å². The summed E-state index contributed by atoms with van der Waals surface area (Å²) in [6, 6.07) is 5.68.